The van der Waals surface area contributed by atoms with E-state index in [0.29, 0.717) is 18.0 Å². The third kappa shape index (κ3) is 3.11. The minimum absolute atomic E-state index is 0.156. The molecule has 2 saturated heterocycles. The van der Waals surface area contributed by atoms with Crippen molar-refractivity contribution in [1.29, 1.82) is 0 Å². The van der Waals surface area contributed by atoms with Gasteiger partial charge < -0.3 is 10.6 Å². The van der Waals surface area contributed by atoms with Crippen molar-refractivity contribution in [2.75, 3.05) is 19.6 Å². The molecular formula is C15H27N3O. The number of nitrogens with zero attached hydrogens (tertiary/aromatic N) is 1. The molecule has 1 atom stereocenters. The second kappa shape index (κ2) is 6.23. The van der Waals surface area contributed by atoms with E-state index in [1.54, 1.807) is 0 Å². The van der Waals surface area contributed by atoms with Gasteiger partial charge in [-0.1, -0.05) is 12.8 Å². The highest BCUT2D eigenvalue weighted by Gasteiger charge is 2.36. The summed E-state index contributed by atoms with van der Waals surface area (Å²) < 4.78 is 0. The first kappa shape index (κ1) is 13.4. The standard InChI is InChI=1S/C15H27N3O/c19-15(17-12-4-1-2-5-12)14-6-3-11-18(14)13-7-9-16-10-8-13/h12-14,16H,1-11H2,(H,17,19). The van der Waals surface area contributed by atoms with Crippen molar-refractivity contribution in [3.8, 4) is 0 Å². The van der Waals surface area contributed by atoms with Crippen LogP contribution in [-0.2, 0) is 4.79 Å². The smallest absolute Gasteiger partial charge is 0.237 e. The highest BCUT2D eigenvalue weighted by Crippen LogP contribution is 2.25. The maximum absolute atomic E-state index is 12.5. The van der Waals surface area contributed by atoms with Crippen LogP contribution in [0.1, 0.15) is 51.4 Å². The number of rotatable bonds is 3. The second-order valence-corrected chi connectivity index (χ2v) is 6.37. The van der Waals surface area contributed by atoms with Crippen molar-refractivity contribution in [3.63, 3.8) is 0 Å². The van der Waals surface area contributed by atoms with Gasteiger partial charge in [0.05, 0.1) is 6.04 Å². The number of nitrogens with one attached hydrogen (secondary N) is 2. The topological polar surface area (TPSA) is 44.4 Å². The van der Waals surface area contributed by atoms with Crippen molar-refractivity contribution in [2.24, 2.45) is 0 Å². The van der Waals surface area contributed by atoms with Crippen LogP contribution >= 0.6 is 0 Å². The van der Waals surface area contributed by atoms with E-state index >= 15 is 0 Å². The SMILES string of the molecule is O=C(NC1CCCC1)C1CCCN1C1CCNCC1. The van der Waals surface area contributed by atoms with Crippen molar-refractivity contribution in [3.05, 3.63) is 0 Å². The molecule has 1 saturated carbocycles. The van der Waals surface area contributed by atoms with Gasteiger partial charge in [-0.2, -0.15) is 0 Å². The predicted octanol–water partition coefficient (Wildman–Crippen LogP) is 1.26. The summed E-state index contributed by atoms with van der Waals surface area (Å²) in [6, 6.07) is 1.25. The molecule has 0 aromatic heterocycles. The molecule has 3 aliphatic rings. The summed E-state index contributed by atoms with van der Waals surface area (Å²) in [6.07, 6.45) is 9.59. The summed E-state index contributed by atoms with van der Waals surface area (Å²) in [4.78, 5) is 15.0. The summed E-state index contributed by atoms with van der Waals surface area (Å²) in [7, 11) is 0. The third-order valence-electron chi connectivity index (χ3n) is 5.08. The number of piperidine rings is 1. The van der Waals surface area contributed by atoms with E-state index in [4.69, 9.17) is 0 Å². The van der Waals surface area contributed by atoms with Gasteiger partial charge in [-0.05, 0) is 58.2 Å². The fourth-order valence-electron chi connectivity index (χ4n) is 4.01. The van der Waals surface area contributed by atoms with Crippen LogP contribution < -0.4 is 10.6 Å². The number of amides is 1. The van der Waals surface area contributed by atoms with E-state index in [-0.39, 0.29) is 6.04 Å². The van der Waals surface area contributed by atoms with E-state index in [2.05, 4.69) is 15.5 Å². The average Bonchev–Trinajstić information content (AvgIpc) is 3.10. The Morgan fingerprint density at radius 1 is 1.00 bits per heavy atom. The lowest BCUT2D eigenvalue weighted by Crippen LogP contribution is -2.52. The molecule has 108 valence electrons. The number of carbonyl (C=O) groups is 1. The van der Waals surface area contributed by atoms with Gasteiger partial charge in [-0.15, -0.1) is 0 Å². The molecular weight excluding hydrogens is 238 g/mol. The summed E-state index contributed by atoms with van der Waals surface area (Å²) in [5, 5.41) is 6.71. The van der Waals surface area contributed by atoms with Crippen molar-refractivity contribution in [1.82, 2.24) is 15.5 Å². The molecule has 0 bridgehead atoms. The van der Waals surface area contributed by atoms with Gasteiger partial charge in [-0.3, -0.25) is 9.69 Å². The Morgan fingerprint density at radius 2 is 1.74 bits per heavy atom. The lowest BCUT2D eigenvalue weighted by molar-refractivity contribution is -0.127. The van der Waals surface area contributed by atoms with Crippen LogP contribution in [0.15, 0.2) is 0 Å². The molecule has 1 unspecified atom stereocenters. The zero-order valence-corrected chi connectivity index (χ0v) is 11.9. The molecule has 4 nitrogen and oxygen atoms in total. The average molecular weight is 265 g/mol. The highest BCUT2D eigenvalue weighted by molar-refractivity contribution is 5.82. The van der Waals surface area contributed by atoms with Crippen LogP contribution in [0.3, 0.4) is 0 Å². The molecule has 2 heterocycles. The monoisotopic (exact) mass is 265 g/mol. The van der Waals surface area contributed by atoms with Crippen molar-refractivity contribution in [2.45, 2.75) is 69.5 Å². The van der Waals surface area contributed by atoms with Gasteiger partial charge >= 0.3 is 0 Å². The van der Waals surface area contributed by atoms with Crippen LogP contribution in [0.2, 0.25) is 0 Å². The van der Waals surface area contributed by atoms with E-state index < -0.39 is 0 Å². The fraction of sp³-hybridized carbons (Fsp3) is 0.933. The van der Waals surface area contributed by atoms with Gasteiger partial charge in [-0.25, -0.2) is 0 Å². The van der Waals surface area contributed by atoms with Gasteiger partial charge in [0.1, 0.15) is 0 Å². The normalized spacial score (nSPS) is 30.8. The first-order valence-corrected chi connectivity index (χ1v) is 8.11. The Bertz CT molecular complexity index is 309. The zero-order chi connectivity index (χ0) is 13.1. The number of likely N-dealkylation sites (tertiary alicyclic amines) is 1. The van der Waals surface area contributed by atoms with Crippen LogP contribution in [-0.4, -0.2) is 48.6 Å². The maximum Gasteiger partial charge on any atom is 0.237 e. The fourth-order valence-corrected chi connectivity index (χ4v) is 4.01. The Balaban J connectivity index is 1.56. The minimum atomic E-state index is 0.156. The summed E-state index contributed by atoms with van der Waals surface area (Å²) in [5.74, 6) is 0.308. The number of carbonyl (C=O) groups excluding carboxylic acids is 1. The Morgan fingerprint density at radius 3 is 2.47 bits per heavy atom. The van der Waals surface area contributed by atoms with Gasteiger partial charge in [0.2, 0.25) is 5.91 Å². The second-order valence-electron chi connectivity index (χ2n) is 6.37. The van der Waals surface area contributed by atoms with Gasteiger partial charge in [0, 0.05) is 12.1 Å². The molecule has 0 aromatic rings. The van der Waals surface area contributed by atoms with Crippen LogP contribution in [0.25, 0.3) is 0 Å². The van der Waals surface area contributed by atoms with E-state index in [1.807, 2.05) is 0 Å². The highest BCUT2D eigenvalue weighted by atomic mass is 16.2. The molecule has 0 aromatic carbocycles. The maximum atomic E-state index is 12.5. The summed E-state index contributed by atoms with van der Waals surface area (Å²) in [6.45, 7) is 3.34. The van der Waals surface area contributed by atoms with E-state index in [9.17, 15) is 4.79 Å². The van der Waals surface area contributed by atoms with E-state index in [0.717, 1.165) is 26.1 Å². The lowest BCUT2D eigenvalue weighted by atomic mass is 10.0. The Kier molecular flexibility index (Phi) is 4.38. The lowest BCUT2D eigenvalue weighted by Gasteiger charge is -2.35. The van der Waals surface area contributed by atoms with Crippen LogP contribution in [0.5, 0.6) is 0 Å². The summed E-state index contributed by atoms with van der Waals surface area (Å²) >= 11 is 0. The molecule has 2 N–H and O–H groups in total. The third-order valence-corrected chi connectivity index (χ3v) is 5.08. The van der Waals surface area contributed by atoms with Crippen LogP contribution in [0, 0.1) is 0 Å². The quantitative estimate of drug-likeness (QED) is 0.807. The van der Waals surface area contributed by atoms with Gasteiger partial charge in [0.25, 0.3) is 0 Å². The molecule has 0 radical (unpaired) electrons. The first-order valence-electron chi connectivity index (χ1n) is 8.11. The number of hydrogen-bond donors (Lipinski definition) is 2. The first-order chi connectivity index (χ1) is 9.34. The zero-order valence-electron chi connectivity index (χ0n) is 11.9. The largest absolute Gasteiger partial charge is 0.352 e. The molecule has 3 rings (SSSR count). The molecule has 4 heteroatoms. The molecule has 19 heavy (non-hydrogen) atoms. The van der Waals surface area contributed by atoms with Crippen molar-refractivity contribution < 1.29 is 4.79 Å². The predicted molar refractivity (Wildman–Crippen MR) is 76.0 cm³/mol. The Hall–Kier alpha value is -0.610. The molecule has 1 amide bonds. The van der Waals surface area contributed by atoms with Crippen LogP contribution in [0.4, 0.5) is 0 Å². The molecule has 2 aliphatic heterocycles. The molecule has 0 spiro atoms. The minimum Gasteiger partial charge on any atom is -0.352 e. The Labute approximate surface area is 116 Å². The summed E-state index contributed by atoms with van der Waals surface area (Å²) in [5.41, 5.74) is 0. The van der Waals surface area contributed by atoms with Crippen molar-refractivity contribution >= 4 is 5.91 Å². The molecule has 3 fully saturated rings. The number of hydrogen-bond acceptors (Lipinski definition) is 3. The van der Waals surface area contributed by atoms with E-state index in [1.165, 1.54) is 44.9 Å². The molecule has 1 aliphatic carbocycles. The van der Waals surface area contributed by atoms with Gasteiger partial charge in [0.15, 0.2) is 0 Å².